The first-order chi connectivity index (χ1) is 6.73. The lowest BCUT2D eigenvalue weighted by Crippen LogP contribution is -2.48. The molecule has 14 heavy (non-hydrogen) atoms. The van der Waals surface area contributed by atoms with Gasteiger partial charge in [-0.15, -0.1) is 0 Å². The van der Waals surface area contributed by atoms with E-state index in [-0.39, 0.29) is 0 Å². The first kappa shape index (κ1) is 12.0. The molecule has 0 amide bonds. The molecule has 0 N–H and O–H groups in total. The quantitative estimate of drug-likeness (QED) is 0.647. The van der Waals surface area contributed by atoms with Crippen LogP contribution in [0.3, 0.4) is 0 Å². The van der Waals surface area contributed by atoms with Crippen LogP contribution in [0.2, 0.25) is 0 Å². The largest absolute Gasteiger partial charge is 0.298 e. The van der Waals surface area contributed by atoms with Gasteiger partial charge in [-0.2, -0.15) is 0 Å². The van der Waals surface area contributed by atoms with Crippen LogP contribution in [0.4, 0.5) is 0 Å². The average Bonchev–Trinajstić information content (AvgIpc) is 2.20. The molecule has 0 bridgehead atoms. The smallest absolute Gasteiger partial charge is 0.0181 e. The van der Waals surface area contributed by atoms with Crippen molar-refractivity contribution < 1.29 is 0 Å². The summed E-state index contributed by atoms with van der Waals surface area (Å²) in [6, 6.07) is 0. The Morgan fingerprint density at radius 2 is 1.43 bits per heavy atom. The summed E-state index contributed by atoms with van der Waals surface area (Å²) in [6.45, 7) is 9.80. The number of nitrogens with zero attached hydrogens (tertiary/aromatic N) is 1. The number of hydrogen-bond donors (Lipinski definition) is 0. The summed E-state index contributed by atoms with van der Waals surface area (Å²) in [5, 5.41) is 0. The van der Waals surface area contributed by atoms with Crippen LogP contribution in [0.5, 0.6) is 0 Å². The second-order valence-corrected chi connectivity index (χ2v) is 5.04. The first-order valence-electron chi connectivity index (χ1n) is 6.48. The highest BCUT2D eigenvalue weighted by Gasteiger charge is 2.30. The molecule has 1 rings (SSSR count). The summed E-state index contributed by atoms with van der Waals surface area (Å²) in [4.78, 5) is 2.75. The molecule has 1 heteroatoms. The van der Waals surface area contributed by atoms with E-state index in [4.69, 9.17) is 0 Å². The molecule has 1 aliphatic rings. The van der Waals surface area contributed by atoms with Crippen LogP contribution in [0.15, 0.2) is 0 Å². The van der Waals surface area contributed by atoms with Crippen molar-refractivity contribution in [2.75, 3.05) is 13.1 Å². The molecule has 0 spiro atoms. The van der Waals surface area contributed by atoms with E-state index in [1.807, 2.05) is 0 Å². The van der Waals surface area contributed by atoms with Crippen molar-refractivity contribution in [3.8, 4) is 0 Å². The summed E-state index contributed by atoms with van der Waals surface area (Å²) in [6.07, 6.45) is 9.69. The molecule has 1 aliphatic heterocycles. The molecule has 1 nitrogen and oxygen atoms in total. The van der Waals surface area contributed by atoms with Gasteiger partial charge in [0.1, 0.15) is 0 Å². The Morgan fingerprint density at radius 3 is 1.86 bits per heavy atom. The average molecular weight is 197 g/mol. The molecule has 0 unspecified atom stereocenters. The van der Waals surface area contributed by atoms with Gasteiger partial charge in [0, 0.05) is 5.54 Å². The Hall–Kier alpha value is -0.0400. The van der Waals surface area contributed by atoms with Crippen LogP contribution in [-0.2, 0) is 0 Å². The van der Waals surface area contributed by atoms with Gasteiger partial charge in [0.15, 0.2) is 0 Å². The molecule has 0 aromatic rings. The first-order valence-corrected chi connectivity index (χ1v) is 6.48. The minimum absolute atomic E-state index is 0.504. The van der Waals surface area contributed by atoms with Crippen LogP contribution in [-0.4, -0.2) is 23.5 Å². The van der Waals surface area contributed by atoms with E-state index in [0.717, 1.165) is 0 Å². The van der Waals surface area contributed by atoms with Gasteiger partial charge in [-0.1, -0.05) is 33.1 Å². The molecule has 84 valence electrons. The van der Waals surface area contributed by atoms with Crippen LogP contribution in [0, 0.1) is 0 Å². The normalized spacial score (nSPS) is 19.9. The Kier molecular flexibility index (Phi) is 4.94. The van der Waals surface area contributed by atoms with Crippen molar-refractivity contribution in [3.05, 3.63) is 0 Å². The van der Waals surface area contributed by atoms with Gasteiger partial charge in [-0.3, -0.25) is 4.90 Å². The van der Waals surface area contributed by atoms with Gasteiger partial charge in [0.25, 0.3) is 0 Å². The van der Waals surface area contributed by atoms with E-state index >= 15 is 0 Å². The van der Waals surface area contributed by atoms with E-state index in [9.17, 15) is 0 Å². The second-order valence-electron chi connectivity index (χ2n) is 5.04. The molecule has 1 fully saturated rings. The maximum atomic E-state index is 2.75. The van der Waals surface area contributed by atoms with Crippen LogP contribution in [0.1, 0.15) is 65.7 Å². The second kappa shape index (κ2) is 5.75. The van der Waals surface area contributed by atoms with Crippen molar-refractivity contribution in [2.45, 2.75) is 71.3 Å². The van der Waals surface area contributed by atoms with Crippen molar-refractivity contribution in [2.24, 2.45) is 0 Å². The minimum Gasteiger partial charge on any atom is -0.298 e. The van der Waals surface area contributed by atoms with E-state index in [1.165, 1.54) is 58.0 Å². The number of likely N-dealkylation sites (tertiary alicyclic amines) is 1. The molecule has 1 saturated heterocycles. The van der Waals surface area contributed by atoms with E-state index in [0.29, 0.717) is 5.54 Å². The van der Waals surface area contributed by atoms with Crippen molar-refractivity contribution in [3.63, 3.8) is 0 Å². The molecule has 0 aliphatic carbocycles. The predicted octanol–water partition coefficient (Wildman–Crippen LogP) is 3.83. The highest BCUT2D eigenvalue weighted by molar-refractivity contribution is 4.87. The van der Waals surface area contributed by atoms with Crippen molar-refractivity contribution in [1.82, 2.24) is 4.90 Å². The lowest BCUT2D eigenvalue weighted by molar-refractivity contribution is 0.0640. The Labute approximate surface area is 89.9 Å². The standard InChI is InChI=1S/C13H27N/c1-4-9-13(3,10-5-2)14-11-7-6-8-12-14/h4-12H2,1-3H3. The van der Waals surface area contributed by atoms with Gasteiger partial charge in [0.2, 0.25) is 0 Å². The molecular weight excluding hydrogens is 170 g/mol. The third-order valence-corrected chi connectivity index (χ3v) is 3.70. The Morgan fingerprint density at radius 1 is 0.929 bits per heavy atom. The summed E-state index contributed by atoms with van der Waals surface area (Å²) in [7, 11) is 0. The van der Waals surface area contributed by atoms with Crippen LogP contribution in [0.25, 0.3) is 0 Å². The molecule has 0 radical (unpaired) electrons. The minimum atomic E-state index is 0.504. The molecule has 1 heterocycles. The number of piperidine rings is 1. The zero-order valence-corrected chi connectivity index (χ0v) is 10.3. The fourth-order valence-corrected chi connectivity index (χ4v) is 2.95. The molecule has 0 aromatic carbocycles. The summed E-state index contributed by atoms with van der Waals surface area (Å²) in [5.41, 5.74) is 0.504. The predicted molar refractivity (Wildman–Crippen MR) is 63.6 cm³/mol. The zero-order valence-electron chi connectivity index (χ0n) is 10.3. The Balaban J connectivity index is 2.54. The number of hydrogen-bond acceptors (Lipinski definition) is 1. The van der Waals surface area contributed by atoms with Gasteiger partial charge in [-0.05, 0) is 45.7 Å². The molecule has 0 aromatic heterocycles. The fraction of sp³-hybridized carbons (Fsp3) is 1.00. The zero-order chi connectivity index (χ0) is 10.4. The van der Waals surface area contributed by atoms with Crippen LogP contribution >= 0.6 is 0 Å². The maximum Gasteiger partial charge on any atom is 0.0181 e. The van der Waals surface area contributed by atoms with Crippen molar-refractivity contribution in [1.29, 1.82) is 0 Å². The van der Waals surface area contributed by atoms with Gasteiger partial charge in [-0.25, -0.2) is 0 Å². The topological polar surface area (TPSA) is 3.24 Å². The molecule has 0 saturated carbocycles. The van der Waals surface area contributed by atoms with Crippen LogP contribution < -0.4 is 0 Å². The van der Waals surface area contributed by atoms with Gasteiger partial charge < -0.3 is 0 Å². The van der Waals surface area contributed by atoms with Crippen molar-refractivity contribution >= 4 is 0 Å². The SMILES string of the molecule is CCCC(C)(CCC)N1CCCCC1. The highest BCUT2D eigenvalue weighted by atomic mass is 15.2. The highest BCUT2D eigenvalue weighted by Crippen LogP contribution is 2.29. The molecule has 0 atom stereocenters. The summed E-state index contributed by atoms with van der Waals surface area (Å²) < 4.78 is 0. The maximum absolute atomic E-state index is 2.75. The lowest BCUT2D eigenvalue weighted by atomic mass is 9.87. The lowest BCUT2D eigenvalue weighted by Gasteiger charge is -2.43. The van der Waals surface area contributed by atoms with Gasteiger partial charge in [0.05, 0.1) is 0 Å². The van der Waals surface area contributed by atoms with E-state index in [2.05, 4.69) is 25.7 Å². The van der Waals surface area contributed by atoms with E-state index < -0.39 is 0 Å². The third-order valence-electron chi connectivity index (χ3n) is 3.70. The van der Waals surface area contributed by atoms with E-state index in [1.54, 1.807) is 0 Å². The molecular formula is C13H27N. The number of rotatable bonds is 5. The third kappa shape index (κ3) is 2.98. The van der Waals surface area contributed by atoms with Gasteiger partial charge >= 0.3 is 0 Å². The monoisotopic (exact) mass is 197 g/mol. The summed E-state index contributed by atoms with van der Waals surface area (Å²) in [5.74, 6) is 0. The summed E-state index contributed by atoms with van der Waals surface area (Å²) >= 11 is 0. The Bertz CT molecular complexity index is 141. The fourth-order valence-electron chi connectivity index (χ4n) is 2.95.